The number of aliphatic hydroxyl groups excluding tert-OH is 1. The molecule has 2 amide bonds. The molecule has 244 valence electrons. The molecule has 0 aromatic carbocycles. The number of aliphatic hydroxyl groups is 1. The first-order valence-corrected chi connectivity index (χ1v) is 14.7. The molecule has 2 bridgehead atoms. The minimum Gasteiger partial charge on any atom is -0.439 e. The second-order valence-electron chi connectivity index (χ2n) is 11.7. The molecule has 44 heavy (non-hydrogen) atoms. The van der Waals surface area contributed by atoms with Crippen LogP contribution >= 0.6 is 0 Å². The number of methoxy groups -OCH3 is 2. The standard InChI is InChI=1S/C32H48N4O8/c1-18-14-22-27(34-12-13-36(5)6)24(37)17-23(29(22)39)35-31(40)19(2)10-9-11-25(42-7)30(44-32(33)41)21(4)16-20(3)28(38)26(15-18)43-8/h9-11,16-18,20,25-26,28,30,34,38H,12-15H2,1-8H3,(H2,33,41)(H,35,40)/b11-9+,19-10+,21-16+/t18-,20-,25-,26-,28+,30-/m0/s1. The molecule has 12 nitrogen and oxygen atoms in total. The molecule has 2 aliphatic rings. The van der Waals surface area contributed by atoms with Crippen molar-refractivity contribution in [3.63, 3.8) is 0 Å². The number of rotatable bonds is 7. The highest BCUT2D eigenvalue weighted by Gasteiger charge is 2.33. The molecule has 12 heteroatoms. The quantitative estimate of drug-likeness (QED) is 0.245. The average molecular weight is 617 g/mol. The fourth-order valence-corrected chi connectivity index (χ4v) is 5.18. The third-order valence-corrected chi connectivity index (χ3v) is 7.65. The van der Waals surface area contributed by atoms with Crippen molar-refractivity contribution in [2.75, 3.05) is 41.4 Å². The number of Topliss-reactive ketones (excluding diaryl/α,β-unsaturated/α-hetero) is 1. The minimum absolute atomic E-state index is 0.114. The van der Waals surface area contributed by atoms with Crippen LogP contribution in [0.1, 0.15) is 40.5 Å². The molecule has 1 heterocycles. The fraction of sp³-hybridized carbons (Fsp3) is 0.562. The smallest absolute Gasteiger partial charge is 0.405 e. The van der Waals surface area contributed by atoms with Gasteiger partial charge in [0.25, 0.3) is 5.91 Å². The Morgan fingerprint density at radius 2 is 1.84 bits per heavy atom. The molecule has 2 rings (SSSR count). The van der Waals surface area contributed by atoms with Gasteiger partial charge in [-0.05, 0) is 52.3 Å². The lowest BCUT2D eigenvalue weighted by Gasteiger charge is -2.30. The molecule has 0 radical (unpaired) electrons. The van der Waals surface area contributed by atoms with Crippen molar-refractivity contribution in [1.82, 2.24) is 15.5 Å². The average Bonchev–Trinajstić information content (AvgIpc) is 2.95. The molecule has 0 saturated carbocycles. The van der Waals surface area contributed by atoms with Gasteiger partial charge in [0.1, 0.15) is 6.10 Å². The predicted molar refractivity (Wildman–Crippen MR) is 166 cm³/mol. The normalized spacial score (nSPS) is 31.0. The van der Waals surface area contributed by atoms with Gasteiger partial charge in [-0.15, -0.1) is 0 Å². The maximum atomic E-state index is 13.7. The summed E-state index contributed by atoms with van der Waals surface area (Å²) in [6.45, 7) is 8.09. The summed E-state index contributed by atoms with van der Waals surface area (Å²) in [5.41, 5.74) is 6.55. The van der Waals surface area contributed by atoms with Gasteiger partial charge in [-0.3, -0.25) is 14.4 Å². The van der Waals surface area contributed by atoms with Gasteiger partial charge in [-0.25, -0.2) is 4.79 Å². The predicted octanol–water partition coefficient (Wildman–Crippen LogP) is 1.91. The van der Waals surface area contributed by atoms with Crippen molar-refractivity contribution in [2.45, 2.75) is 65.0 Å². The van der Waals surface area contributed by atoms with Gasteiger partial charge in [0, 0.05) is 50.4 Å². The van der Waals surface area contributed by atoms with E-state index < -0.39 is 53.9 Å². The molecule has 0 spiro atoms. The van der Waals surface area contributed by atoms with Gasteiger partial charge in [0.2, 0.25) is 11.6 Å². The number of amides is 2. The SMILES string of the molecule is CO[C@H]1/C=C/C=C(\C)C(=O)NC2=CC(=O)C(NCCN(C)C)=C(C[C@H](C)C[C@H](OC)[C@H](O)[C@@H](C)/C=C(\C)[C@@H]1OC(N)=O)C2=O. The van der Waals surface area contributed by atoms with Gasteiger partial charge in [0.05, 0.1) is 23.6 Å². The van der Waals surface area contributed by atoms with E-state index in [1.54, 1.807) is 32.1 Å². The largest absolute Gasteiger partial charge is 0.439 e. The number of carbonyl (C=O) groups is 4. The highest BCUT2D eigenvalue weighted by Crippen LogP contribution is 2.28. The van der Waals surface area contributed by atoms with E-state index in [9.17, 15) is 24.3 Å². The maximum Gasteiger partial charge on any atom is 0.405 e. The molecule has 0 aromatic heterocycles. The lowest BCUT2D eigenvalue weighted by molar-refractivity contribution is -0.120. The van der Waals surface area contributed by atoms with Crippen LogP contribution in [0.5, 0.6) is 0 Å². The molecule has 1 aliphatic carbocycles. The van der Waals surface area contributed by atoms with Gasteiger partial charge in [-0.1, -0.05) is 38.2 Å². The van der Waals surface area contributed by atoms with Crippen LogP contribution in [0.3, 0.4) is 0 Å². The summed E-state index contributed by atoms with van der Waals surface area (Å²) in [5, 5.41) is 17.0. The van der Waals surface area contributed by atoms with Crippen LogP contribution in [0.25, 0.3) is 0 Å². The minimum atomic E-state index is -0.997. The first-order chi connectivity index (χ1) is 20.7. The van der Waals surface area contributed by atoms with Crippen LogP contribution in [0.15, 0.2) is 58.5 Å². The number of hydrogen-bond acceptors (Lipinski definition) is 10. The van der Waals surface area contributed by atoms with E-state index in [2.05, 4.69) is 10.6 Å². The summed E-state index contributed by atoms with van der Waals surface area (Å²) in [6, 6.07) is 0. The molecule has 1 aliphatic heterocycles. The first-order valence-electron chi connectivity index (χ1n) is 14.7. The number of nitrogens with two attached hydrogens (primary N) is 1. The van der Waals surface area contributed by atoms with Crippen LogP contribution in [-0.2, 0) is 28.6 Å². The number of nitrogens with one attached hydrogen (secondary N) is 2. The Labute approximate surface area is 260 Å². The van der Waals surface area contributed by atoms with Crippen LogP contribution in [0, 0.1) is 11.8 Å². The summed E-state index contributed by atoms with van der Waals surface area (Å²) in [7, 11) is 6.74. The third-order valence-electron chi connectivity index (χ3n) is 7.65. The molecule has 5 N–H and O–H groups in total. The Morgan fingerprint density at radius 3 is 2.43 bits per heavy atom. The molecule has 0 aromatic rings. The zero-order chi connectivity index (χ0) is 33.1. The topological polar surface area (TPSA) is 170 Å². The van der Waals surface area contributed by atoms with Crippen molar-refractivity contribution in [3.05, 3.63) is 58.5 Å². The van der Waals surface area contributed by atoms with Gasteiger partial charge in [0.15, 0.2) is 6.10 Å². The van der Waals surface area contributed by atoms with E-state index in [1.165, 1.54) is 20.3 Å². The molecular weight excluding hydrogens is 568 g/mol. The monoisotopic (exact) mass is 616 g/mol. The Morgan fingerprint density at radius 1 is 1.16 bits per heavy atom. The van der Waals surface area contributed by atoms with E-state index in [-0.39, 0.29) is 34.9 Å². The van der Waals surface area contributed by atoms with Crippen molar-refractivity contribution < 1.29 is 38.5 Å². The maximum absolute atomic E-state index is 13.7. The lowest BCUT2D eigenvalue weighted by Crippen LogP contribution is -2.38. The van der Waals surface area contributed by atoms with E-state index >= 15 is 0 Å². The number of fused-ring (bicyclic) bond motifs is 2. The number of carbonyl (C=O) groups excluding carboxylic acids is 4. The van der Waals surface area contributed by atoms with Gasteiger partial charge in [-0.2, -0.15) is 0 Å². The molecule has 6 atom stereocenters. The van der Waals surface area contributed by atoms with E-state index in [4.69, 9.17) is 19.9 Å². The number of likely N-dealkylation sites (N-methyl/N-ethyl adjacent to an activating group) is 1. The van der Waals surface area contributed by atoms with Crippen LogP contribution in [0.4, 0.5) is 4.79 Å². The highest BCUT2D eigenvalue weighted by molar-refractivity contribution is 6.23. The van der Waals surface area contributed by atoms with Crippen molar-refractivity contribution >= 4 is 23.6 Å². The Kier molecular flexibility index (Phi) is 14.2. The second-order valence-corrected chi connectivity index (χ2v) is 11.7. The van der Waals surface area contributed by atoms with Crippen molar-refractivity contribution in [2.24, 2.45) is 17.6 Å². The summed E-state index contributed by atoms with van der Waals surface area (Å²) < 4.78 is 16.6. The van der Waals surface area contributed by atoms with Crippen LogP contribution in [0.2, 0.25) is 0 Å². The Balaban J connectivity index is 2.60. The second kappa shape index (κ2) is 17.0. The Bertz CT molecular complexity index is 1230. The number of nitrogens with zero attached hydrogens (tertiary/aromatic N) is 1. The van der Waals surface area contributed by atoms with Crippen molar-refractivity contribution in [3.8, 4) is 0 Å². The van der Waals surface area contributed by atoms with Crippen LogP contribution in [-0.4, -0.2) is 99.4 Å². The summed E-state index contributed by atoms with van der Waals surface area (Å²) >= 11 is 0. The summed E-state index contributed by atoms with van der Waals surface area (Å²) in [5.74, 6) is -2.06. The summed E-state index contributed by atoms with van der Waals surface area (Å²) in [6.07, 6.45) is 3.88. The zero-order valence-corrected chi connectivity index (χ0v) is 27.0. The number of ether oxygens (including phenoxy) is 3. The highest BCUT2D eigenvalue weighted by atomic mass is 16.6. The number of primary amides is 1. The number of allylic oxidation sites excluding steroid dienone is 4. The van der Waals surface area contributed by atoms with E-state index in [1.807, 2.05) is 32.8 Å². The summed E-state index contributed by atoms with van der Waals surface area (Å²) in [4.78, 5) is 53.7. The lowest BCUT2D eigenvalue weighted by atomic mass is 9.85. The van der Waals surface area contributed by atoms with Crippen LogP contribution < -0.4 is 16.4 Å². The fourth-order valence-electron chi connectivity index (χ4n) is 5.18. The zero-order valence-electron chi connectivity index (χ0n) is 27.0. The third kappa shape index (κ3) is 10.3. The van der Waals surface area contributed by atoms with E-state index in [0.29, 0.717) is 25.1 Å². The first kappa shape index (κ1) is 36.6. The van der Waals surface area contributed by atoms with Gasteiger partial charge < -0.3 is 40.6 Å². The molecule has 0 fully saturated rings. The van der Waals surface area contributed by atoms with Crippen molar-refractivity contribution in [1.29, 1.82) is 0 Å². The Hall–Kier alpha value is -3.58. The number of ketones is 2. The van der Waals surface area contributed by atoms with Gasteiger partial charge >= 0.3 is 6.09 Å². The molecular formula is C32H48N4O8. The number of hydrogen-bond donors (Lipinski definition) is 4. The molecule has 0 saturated heterocycles. The molecule has 0 unspecified atom stereocenters. The van der Waals surface area contributed by atoms with E-state index in [0.717, 1.165) is 6.08 Å².